The summed E-state index contributed by atoms with van der Waals surface area (Å²) in [5, 5.41) is 5.77. The van der Waals surface area contributed by atoms with Crippen molar-refractivity contribution < 1.29 is 18.0 Å². The first kappa shape index (κ1) is 15.6. The van der Waals surface area contributed by atoms with Crippen molar-refractivity contribution in [2.75, 3.05) is 18.4 Å². The molecule has 1 aromatic carbocycles. The standard InChI is InChI=1S/C14H18F3N3O/c1-9-8-20(10(2)7-18-9)13(21)19-12-5-3-4-11(6-12)14(15,16)17/h3-6,9-10,18H,7-8H2,1-2H3,(H,19,21). The van der Waals surface area contributed by atoms with Gasteiger partial charge in [0, 0.05) is 30.9 Å². The SMILES string of the molecule is CC1CN(C(=O)Nc2cccc(C(F)(F)F)c2)C(C)CN1. The smallest absolute Gasteiger partial charge is 0.319 e. The van der Waals surface area contributed by atoms with Gasteiger partial charge in [-0.25, -0.2) is 4.79 Å². The summed E-state index contributed by atoms with van der Waals surface area (Å²) in [5.41, 5.74) is -0.629. The molecule has 0 spiro atoms. The number of hydrogen-bond acceptors (Lipinski definition) is 2. The van der Waals surface area contributed by atoms with E-state index in [-0.39, 0.29) is 23.8 Å². The van der Waals surface area contributed by atoms with Gasteiger partial charge in [-0.2, -0.15) is 13.2 Å². The molecule has 2 atom stereocenters. The predicted octanol–water partition coefficient (Wildman–Crippen LogP) is 2.92. The van der Waals surface area contributed by atoms with Crippen LogP contribution in [0.15, 0.2) is 24.3 Å². The third kappa shape index (κ3) is 3.87. The minimum absolute atomic E-state index is 0.00741. The van der Waals surface area contributed by atoms with E-state index in [1.807, 2.05) is 13.8 Å². The average Bonchev–Trinajstić information content (AvgIpc) is 2.41. The highest BCUT2D eigenvalue weighted by Gasteiger charge is 2.31. The van der Waals surface area contributed by atoms with Gasteiger partial charge in [0.05, 0.1) is 5.56 Å². The van der Waals surface area contributed by atoms with Gasteiger partial charge in [0.25, 0.3) is 0 Å². The molecule has 0 aliphatic carbocycles. The Kier molecular flexibility index (Phi) is 4.41. The fourth-order valence-corrected chi connectivity index (χ4v) is 2.27. The summed E-state index contributed by atoms with van der Waals surface area (Å²) in [6, 6.07) is 4.42. The molecule has 1 heterocycles. The van der Waals surface area contributed by atoms with E-state index in [9.17, 15) is 18.0 Å². The summed E-state index contributed by atoms with van der Waals surface area (Å²) in [6.07, 6.45) is -4.42. The van der Waals surface area contributed by atoms with Crippen LogP contribution in [-0.4, -0.2) is 36.1 Å². The maximum Gasteiger partial charge on any atom is 0.416 e. The van der Waals surface area contributed by atoms with Crippen LogP contribution in [0.2, 0.25) is 0 Å². The molecule has 2 unspecified atom stereocenters. The molecule has 1 saturated heterocycles. The van der Waals surface area contributed by atoms with E-state index >= 15 is 0 Å². The number of hydrogen-bond donors (Lipinski definition) is 2. The Morgan fingerprint density at radius 3 is 2.76 bits per heavy atom. The van der Waals surface area contributed by atoms with E-state index in [4.69, 9.17) is 0 Å². The topological polar surface area (TPSA) is 44.4 Å². The Labute approximate surface area is 121 Å². The summed E-state index contributed by atoms with van der Waals surface area (Å²) >= 11 is 0. The van der Waals surface area contributed by atoms with Gasteiger partial charge in [0.2, 0.25) is 0 Å². The zero-order valence-corrected chi connectivity index (χ0v) is 11.9. The molecule has 2 rings (SSSR count). The lowest BCUT2D eigenvalue weighted by Gasteiger charge is -2.37. The van der Waals surface area contributed by atoms with Crippen LogP contribution >= 0.6 is 0 Å². The van der Waals surface area contributed by atoms with Crippen LogP contribution in [0.1, 0.15) is 19.4 Å². The molecule has 7 heteroatoms. The fraction of sp³-hybridized carbons (Fsp3) is 0.500. The first-order chi connectivity index (χ1) is 9.77. The number of carbonyl (C=O) groups is 1. The molecule has 1 aromatic rings. The van der Waals surface area contributed by atoms with Crippen LogP contribution < -0.4 is 10.6 Å². The van der Waals surface area contributed by atoms with Crippen LogP contribution in [-0.2, 0) is 6.18 Å². The van der Waals surface area contributed by atoms with Gasteiger partial charge >= 0.3 is 12.2 Å². The number of nitrogens with zero attached hydrogens (tertiary/aromatic N) is 1. The van der Waals surface area contributed by atoms with Gasteiger partial charge in [-0.3, -0.25) is 0 Å². The lowest BCUT2D eigenvalue weighted by molar-refractivity contribution is -0.137. The van der Waals surface area contributed by atoms with Crippen LogP contribution in [0.3, 0.4) is 0 Å². The van der Waals surface area contributed by atoms with E-state index in [1.54, 1.807) is 4.90 Å². The van der Waals surface area contributed by atoms with Gasteiger partial charge < -0.3 is 15.5 Å². The number of anilines is 1. The second-order valence-electron chi connectivity index (χ2n) is 5.32. The molecule has 1 aliphatic heterocycles. The van der Waals surface area contributed by atoms with Crippen LogP contribution in [0, 0.1) is 0 Å². The highest BCUT2D eigenvalue weighted by atomic mass is 19.4. The van der Waals surface area contributed by atoms with Gasteiger partial charge in [0.1, 0.15) is 0 Å². The Balaban J connectivity index is 2.09. The maximum absolute atomic E-state index is 12.6. The molecule has 116 valence electrons. The van der Waals surface area contributed by atoms with Crippen molar-refractivity contribution in [2.24, 2.45) is 0 Å². The molecular formula is C14H18F3N3O. The lowest BCUT2D eigenvalue weighted by atomic mass is 10.1. The summed E-state index contributed by atoms with van der Waals surface area (Å²) < 4.78 is 37.9. The third-order valence-corrected chi connectivity index (χ3v) is 3.47. The second-order valence-corrected chi connectivity index (χ2v) is 5.32. The quantitative estimate of drug-likeness (QED) is 0.837. The fourth-order valence-electron chi connectivity index (χ4n) is 2.27. The van der Waals surface area contributed by atoms with Gasteiger partial charge in [-0.15, -0.1) is 0 Å². The van der Waals surface area contributed by atoms with Crippen molar-refractivity contribution in [3.05, 3.63) is 29.8 Å². The highest BCUT2D eigenvalue weighted by Crippen LogP contribution is 2.30. The number of rotatable bonds is 1. The molecule has 2 N–H and O–H groups in total. The van der Waals surface area contributed by atoms with Crippen molar-refractivity contribution in [3.63, 3.8) is 0 Å². The number of amides is 2. The van der Waals surface area contributed by atoms with Gasteiger partial charge in [0.15, 0.2) is 0 Å². The average molecular weight is 301 g/mol. The van der Waals surface area contributed by atoms with Gasteiger partial charge in [-0.05, 0) is 32.0 Å². The number of alkyl halides is 3. The number of halogens is 3. The van der Waals surface area contributed by atoms with E-state index in [0.717, 1.165) is 12.1 Å². The summed E-state index contributed by atoms with van der Waals surface area (Å²) in [4.78, 5) is 13.8. The van der Waals surface area contributed by atoms with Crippen LogP contribution in [0.5, 0.6) is 0 Å². The van der Waals surface area contributed by atoms with E-state index in [1.165, 1.54) is 12.1 Å². The maximum atomic E-state index is 12.6. The minimum Gasteiger partial charge on any atom is -0.319 e. The van der Waals surface area contributed by atoms with E-state index in [0.29, 0.717) is 13.1 Å². The molecule has 2 amide bonds. The number of carbonyl (C=O) groups excluding carboxylic acids is 1. The minimum atomic E-state index is -4.42. The number of piperazine rings is 1. The number of urea groups is 1. The highest BCUT2D eigenvalue weighted by molar-refractivity contribution is 5.89. The van der Waals surface area contributed by atoms with Crippen molar-refractivity contribution in [2.45, 2.75) is 32.1 Å². The molecule has 0 radical (unpaired) electrons. The van der Waals surface area contributed by atoms with E-state index in [2.05, 4.69) is 10.6 Å². The third-order valence-electron chi connectivity index (χ3n) is 3.47. The lowest BCUT2D eigenvalue weighted by Crippen LogP contribution is -2.57. The monoisotopic (exact) mass is 301 g/mol. The Hall–Kier alpha value is -1.76. The normalized spacial score (nSPS) is 23.0. The molecule has 0 aromatic heterocycles. The predicted molar refractivity (Wildman–Crippen MR) is 74.1 cm³/mol. The van der Waals surface area contributed by atoms with Crippen LogP contribution in [0.4, 0.5) is 23.7 Å². The molecule has 21 heavy (non-hydrogen) atoms. The summed E-state index contributed by atoms with van der Waals surface area (Å²) in [5.74, 6) is 0. The first-order valence-corrected chi connectivity index (χ1v) is 6.75. The van der Waals surface area contributed by atoms with Crippen molar-refractivity contribution in [1.82, 2.24) is 10.2 Å². The molecule has 4 nitrogen and oxygen atoms in total. The molecule has 1 fully saturated rings. The molecule has 0 saturated carbocycles. The van der Waals surface area contributed by atoms with Crippen molar-refractivity contribution >= 4 is 11.7 Å². The van der Waals surface area contributed by atoms with Crippen molar-refractivity contribution in [3.8, 4) is 0 Å². The number of benzene rings is 1. The zero-order valence-electron chi connectivity index (χ0n) is 11.9. The molecule has 1 aliphatic rings. The first-order valence-electron chi connectivity index (χ1n) is 6.75. The Morgan fingerprint density at radius 2 is 2.10 bits per heavy atom. The molecular weight excluding hydrogens is 283 g/mol. The zero-order chi connectivity index (χ0) is 15.6. The largest absolute Gasteiger partial charge is 0.416 e. The van der Waals surface area contributed by atoms with Crippen LogP contribution in [0.25, 0.3) is 0 Å². The van der Waals surface area contributed by atoms with E-state index < -0.39 is 11.7 Å². The Morgan fingerprint density at radius 1 is 1.38 bits per heavy atom. The molecule has 0 bridgehead atoms. The number of nitrogens with one attached hydrogen (secondary N) is 2. The summed E-state index contributed by atoms with van der Waals surface area (Å²) in [6.45, 7) is 5.03. The van der Waals surface area contributed by atoms with Crippen molar-refractivity contribution in [1.29, 1.82) is 0 Å². The second kappa shape index (κ2) is 5.93. The van der Waals surface area contributed by atoms with Gasteiger partial charge in [-0.1, -0.05) is 6.07 Å². The Bertz CT molecular complexity index is 518. The summed E-state index contributed by atoms with van der Waals surface area (Å²) in [7, 11) is 0.